The second-order valence-electron chi connectivity index (χ2n) is 3.68. The van der Waals surface area contributed by atoms with Gasteiger partial charge in [0.05, 0.1) is 5.69 Å². The molecule has 1 nitrogen and oxygen atoms in total. The van der Waals surface area contributed by atoms with Crippen molar-refractivity contribution < 1.29 is 22.6 Å². The molecule has 0 heterocycles. The van der Waals surface area contributed by atoms with Crippen LogP contribution in [0.5, 0.6) is 0 Å². The summed E-state index contributed by atoms with van der Waals surface area (Å²) in [6.45, 7) is 2.08. The highest BCUT2D eigenvalue weighted by molar-refractivity contribution is 6.30. The largest absolute Gasteiger partial charge is 0.395 e. The van der Waals surface area contributed by atoms with Gasteiger partial charge >= 0.3 is 0 Å². The summed E-state index contributed by atoms with van der Waals surface area (Å²) in [5.41, 5.74) is 10.3. The van der Waals surface area contributed by atoms with Gasteiger partial charge in [0, 0.05) is 10.6 Å². The molecule has 0 aliphatic carbocycles. The van der Waals surface area contributed by atoms with Crippen LogP contribution < -0.4 is 28.3 Å². The van der Waals surface area contributed by atoms with Crippen LogP contribution in [0.25, 0.3) is 11.1 Å². The van der Waals surface area contributed by atoms with Crippen LogP contribution in [-0.2, 0) is 0 Å². The van der Waals surface area contributed by atoms with Crippen molar-refractivity contribution in [2.75, 3.05) is 5.73 Å². The summed E-state index contributed by atoms with van der Waals surface area (Å²) in [6.07, 6.45) is 0. The van der Waals surface area contributed by atoms with Gasteiger partial charge in [-0.1, -0.05) is 23.7 Å². The van der Waals surface area contributed by atoms with E-state index in [1.54, 1.807) is 0 Å². The average Bonchev–Trinajstić information content (AvgIpc) is 2.26. The number of halogens is 2. The van der Waals surface area contributed by atoms with E-state index in [4.69, 9.17) is 17.3 Å². The minimum atomic E-state index is 0.753. The molecular formula is C13H12ClIN+. The van der Waals surface area contributed by atoms with Crippen LogP contribution >= 0.6 is 11.6 Å². The Balaban J connectivity index is 2.67. The lowest BCUT2D eigenvalue weighted by atomic mass is 10.0. The SMILES string of the molecule is Cc1ccc(Cl)cc1-c1cccc(N)c1[IH+]. The third kappa shape index (κ3) is 2.18. The second kappa shape index (κ2) is 4.63. The van der Waals surface area contributed by atoms with E-state index >= 15 is 0 Å². The van der Waals surface area contributed by atoms with Gasteiger partial charge in [-0.15, -0.1) is 0 Å². The van der Waals surface area contributed by atoms with Crippen molar-refractivity contribution in [1.82, 2.24) is 0 Å². The molecule has 0 saturated heterocycles. The predicted octanol–water partition coefficient (Wildman–Crippen LogP) is 0.353. The first-order valence-electron chi connectivity index (χ1n) is 4.91. The Labute approximate surface area is 114 Å². The fourth-order valence-corrected chi connectivity index (χ4v) is 2.53. The third-order valence-electron chi connectivity index (χ3n) is 2.54. The number of hydrogen-bond donors (Lipinski definition) is 1. The van der Waals surface area contributed by atoms with E-state index in [9.17, 15) is 0 Å². The van der Waals surface area contributed by atoms with Crippen LogP contribution in [0.4, 0.5) is 5.69 Å². The van der Waals surface area contributed by atoms with E-state index in [1.807, 2.05) is 52.9 Å². The second-order valence-corrected chi connectivity index (χ2v) is 5.28. The molecule has 2 aromatic carbocycles. The van der Waals surface area contributed by atoms with Crippen molar-refractivity contribution in [1.29, 1.82) is 0 Å². The van der Waals surface area contributed by atoms with E-state index in [0.29, 0.717) is 0 Å². The third-order valence-corrected chi connectivity index (χ3v) is 4.07. The van der Waals surface area contributed by atoms with Crippen molar-refractivity contribution in [2.45, 2.75) is 6.92 Å². The van der Waals surface area contributed by atoms with Gasteiger partial charge in [-0.2, -0.15) is 0 Å². The molecular weight excluding hydrogens is 333 g/mol. The lowest BCUT2D eigenvalue weighted by Gasteiger charge is -2.07. The van der Waals surface area contributed by atoms with E-state index < -0.39 is 0 Å². The molecule has 82 valence electrons. The molecule has 2 rings (SSSR count). The number of nitrogens with two attached hydrogens (primary N) is 1. The first-order valence-corrected chi connectivity index (χ1v) is 6.46. The summed E-state index contributed by atoms with van der Waals surface area (Å²) in [6, 6.07) is 11.9. The van der Waals surface area contributed by atoms with Gasteiger partial charge in [-0.05, 0) is 42.3 Å². The topological polar surface area (TPSA) is 26.0 Å². The number of aryl methyl sites for hydroxylation is 1. The molecule has 0 fully saturated rings. The molecule has 16 heavy (non-hydrogen) atoms. The molecule has 2 aromatic rings. The summed E-state index contributed by atoms with van der Waals surface area (Å²) in [7, 11) is 0. The molecule has 0 atom stereocenters. The Bertz CT molecular complexity index is 537. The summed E-state index contributed by atoms with van der Waals surface area (Å²) < 4.78 is 1.11. The minimum absolute atomic E-state index is 0.753. The van der Waals surface area contributed by atoms with Gasteiger partial charge in [0.2, 0.25) is 3.57 Å². The Kier molecular flexibility index (Phi) is 3.40. The molecule has 0 saturated carbocycles. The van der Waals surface area contributed by atoms with Crippen molar-refractivity contribution in [3.8, 4) is 11.1 Å². The van der Waals surface area contributed by atoms with Gasteiger partial charge < -0.3 is 5.73 Å². The van der Waals surface area contributed by atoms with Gasteiger partial charge in [0.15, 0.2) is 0 Å². The van der Waals surface area contributed by atoms with Crippen molar-refractivity contribution >= 4 is 17.3 Å². The van der Waals surface area contributed by atoms with E-state index in [0.717, 1.165) is 25.4 Å². The molecule has 0 unspecified atom stereocenters. The zero-order valence-corrected chi connectivity index (χ0v) is 11.9. The number of nitrogen functional groups attached to an aromatic ring is 1. The Hall–Kier alpha value is -0.740. The van der Waals surface area contributed by atoms with Crippen molar-refractivity contribution in [2.24, 2.45) is 0 Å². The molecule has 0 amide bonds. The lowest BCUT2D eigenvalue weighted by Crippen LogP contribution is -3.34. The predicted molar refractivity (Wildman–Crippen MR) is 66.1 cm³/mol. The van der Waals surface area contributed by atoms with Crippen molar-refractivity contribution in [3.63, 3.8) is 0 Å². The van der Waals surface area contributed by atoms with Crippen LogP contribution in [0.2, 0.25) is 5.02 Å². The number of anilines is 1. The number of rotatable bonds is 1. The van der Waals surface area contributed by atoms with Crippen LogP contribution in [-0.4, -0.2) is 0 Å². The zero-order valence-electron chi connectivity index (χ0n) is 8.83. The number of benzene rings is 2. The molecule has 0 bridgehead atoms. The van der Waals surface area contributed by atoms with E-state index in [2.05, 4.69) is 13.0 Å². The highest BCUT2D eigenvalue weighted by atomic mass is 127. The maximum absolute atomic E-state index is 6.03. The maximum Gasteiger partial charge on any atom is 0.299 e. The summed E-state index contributed by atoms with van der Waals surface area (Å²) in [5.74, 6) is 0. The van der Waals surface area contributed by atoms with Crippen LogP contribution in [0.3, 0.4) is 0 Å². The van der Waals surface area contributed by atoms with Gasteiger partial charge in [-0.25, -0.2) is 0 Å². The molecule has 0 spiro atoms. The van der Waals surface area contributed by atoms with Gasteiger partial charge in [0.1, 0.15) is 0 Å². The smallest absolute Gasteiger partial charge is 0.299 e. The average molecular weight is 345 g/mol. The van der Waals surface area contributed by atoms with E-state index in [-0.39, 0.29) is 0 Å². The summed E-state index contributed by atoms with van der Waals surface area (Å²) >= 11 is 7.98. The normalized spacial score (nSPS) is 10.4. The van der Waals surface area contributed by atoms with Crippen molar-refractivity contribution in [3.05, 3.63) is 50.6 Å². The molecule has 0 aliphatic rings. The summed E-state index contributed by atoms with van der Waals surface area (Å²) in [5, 5.41) is 0.753. The maximum atomic E-state index is 6.03. The Morgan fingerprint density at radius 1 is 1.12 bits per heavy atom. The monoisotopic (exact) mass is 344 g/mol. The molecule has 0 aliphatic heterocycles. The zero-order chi connectivity index (χ0) is 11.7. The first kappa shape index (κ1) is 11.7. The molecule has 3 heteroatoms. The van der Waals surface area contributed by atoms with E-state index in [1.165, 1.54) is 5.56 Å². The first-order chi connectivity index (χ1) is 7.59. The molecule has 2 N–H and O–H groups in total. The molecule has 0 aromatic heterocycles. The molecule has 0 radical (unpaired) electrons. The van der Waals surface area contributed by atoms with Gasteiger partial charge in [0.25, 0.3) is 22.6 Å². The van der Waals surface area contributed by atoms with Crippen LogP contribution in [0, 0.1) is 10.5 Å². The lowest BCUT2D eigenvalue weighted by molar-refractivity contribution is -0.325. The quantitative estimate of drug-likeness (QED) is 0.586. The summed E-state index contributed by atoms with van der Waals surface area (Å²) in [4.78, 5) is 0. The van der Waals surface area contributed by atoms with Crippen LogP contribution in [0.15, 0.2) is 36.4 Å². The standard InChI is InChI=1S/C13H12ClIN/c1-8-5-6-9(14)7-11(8)10-3-2-4-12(16)13(10)15/h2-7,15H,16H2,1H3/q+1. The van der Waals surface area contributed by atoms with Crippen LogP contribution in [0.1, 0.15) is 5.56 Å². The fourth-order valence-electron chi connectivity index (χ4n) is 1.65. The number of hydrogen-bond acceptors (Lipinski definition) is 1. The minimum Gasteiger partial charge on any atom is -0.395 e. The van der Waals surface area contributed by atoms with Gasteiger partial charge in [-0.3, -0.25) is 0 Å². The highest BCUT2D eigenvalue weighted by Crippen LogP contribution is 2.27. The highest BCUT2D eigenvalue weighted by Gasteiger charge is 2.14. The Morgan fingerprint density at radius 2 is 1.88 bits per heavy atom. The fraction of sp³-hybridized carbons (Fsp3) is 0.0769. The Morgan fingerprint density at radius 3 is 2.62 bits per heavy atom.